The van der Waals surface area contributed by atoms with Gasteiger partial charge in [-0.3, -0.25) is 4.79 Å². The average Bonchev–Trinajstić information content (AvgIpc) is 2.61. The van der Waals surface area contributed by atoms with Gasteiger partial charge in [0.2, 0.25) is 5.75 Å². The van der Waals surface area contributed by atoms with E-state index in [1.165, 1.54) is 11.1 Å². The summed E-state index contributed by atoms with van der Waals surface area (Å²) in [5.41, 5.74) is 0.401. The van der Waals surface area contributed by atoms with Gasteiger partial charge in [-0.1, -0.05) is 20.8 Å². The van der Waals surface area contributed by atoms with Gasteiger partial charge in [0.05, 0.1) is 6.20 Å². The molecule has 1 saturated heterocycles. The SMILES string of the molecule is C[C@H]1C(Nc2cnn(C3CCCCO3)c(=O)c2O)C[C@@H]2C[C@H]1C2(C)C. The highest BCUT2D eigenvalue weighted by atomic mass is 16.5. The predicted octanol–water partition coefficient (Wildman–Crippen LogP) is 3.13. The third-order valence-electron chi connectivity index (χ3n) is 7.10. The molecular weight excluding hydrogens is 318 g/mol. The van der Waals surface area contributed by atoms with E-state index in [4.69, 9.17) is 4.74 Å². The van der Waals surface area contributed by atoms with Crippen LogP contribution >= 0.6 is 0 Å². The Bertz CT molecular complexity index is 708. The number of anilines is 1. The van der Waals surface area contributed by atoms with Gasteiger partial charge in [0.15, 0.2) is 6.23 Å². The van der Waals surface area contributed by atoms with Crippen molar-refractivity contribution >= 4 is 5.69 Å². The Hall–Kier alpha value is -1.56. The lowest BCUT2D eigenvalue weighted by Gasteiger charge is -2.62. The summed E-state index contributed by atoms with van der Waals surface area (Å²) in [6.07, 6.45) is 6.38. The highest BCUT2D eigenvalue weighted by Gasteiger charge is 2.56. The van der Waals surface area contributed by atoms with Gasteiger partial charge in [-0.2, -0.15) is 9.78 Å². The van der Waals surface area contributed by atoms with E-state index in [0.717, 1.165) is 31.6 Å². The van der Waals surface area contributed by atoms with Crippen LogP contribution in [0.4, 0.5) is 5.69 Å². The molecule has 2 bridgehead atoms. The molecule has 2 N–H and O–H groups in total. The molecule has 2 unspecified atom stereocenters. The maximum atomic E-state index is 12.5. The Morgan fingerprint density at radius 1 is 1.36 bits per heavy atom. The Balaban J connectivity index is 1.52. The number of nitrogens with zero attached hydrogens (tertiary/aromatic N) is 2. The molecule has 1 aromatic rings. The quantitative estimate of drug-likeness (QED) is 0.878. The largest absolute Gasteiger partial charge is 0.502 e. The highest BCUT2D eigenvalue weighted by molar-refractivity contribution is 5.53. The van der Waals surface area contributed by atoms with E-state index in [9.17, 15) is 9.90 Å². The fourth-order valence-corrected chi connectivity index (χ4v) is 5.22. The summed E-state index contributed by atoms with van der Waals surface area (Å²) in [4.78, 5) is 12.5. The van der Waals surface area contributed by atoms with E-state index in [1.807, 2.05) is 0 Å². The second kappa shape index (κ2) is 6.01. The first kappa shape index (κ1) is 16.9. The van der Waals surface area contributed by atoms with Crippen LogP contribution in [0.15, 0.2) is 11.0 Å². The molecule has 0 amide bonds. The van der Waals surface area contributed by atoms with Gasteiger partial charge in [-0.05, 0) is 55.3 Å². The van der Waals surface area contributed by atoms with Crippen LogP contribution in [0.1, 0.15) is 59.1 Å². The van der Waals surface area contributed by atoms with Crippen molar-refractivity contribution in [3.63, 3.8) is 0 Å². The first-order valence-electron chi connectivity index (χ1n) is 9.58. The van der Waals surface area contributed by atoms with E-state index in [2.05, 4.69) is 31.2 Å². The van der Waals surface area contributed by atoms with Crippen LogP contribution < -0.4 is 10.9 Å². The molecule has 1 aliphatic heterocycles. The Morgan fingerprint density at radius 2 is 2.16 bits per heavy atom. The van der Waals surface area contributed by atoms with E-state index >= 15 is 0 Å². The molecule has 138 valence electrons. The van der Waals surface area contributed by atoms with Gasteiger partial charge in [0, 0.05) is 12.6 Å². The molecule has 5 rings (SSSR count). The highest BCUT2D eigenvalue weighted by Crippen LogP contribution is 2.61. The van der Waals surface area contributed by atoms with E-state index in [1.54, 1.807) is 6.20 Å². The lowest BCUT2D eigenvalue weighted by molar-refractivity contribution is -0.105. The standard InChI is InChI=1S/C19H29N3O3/c1-11-13-8-12(19(13,2)3)9-14(11)21-15-10-20-22(18(24)17(15)23)16-6-4-5-7-25-16/h10-14,16,21,23H,4-9H2,1-3H3/t11-,12+,13-,14?,16?/m1/s1. The molecular formula is C19H29N3O3. The third-order valence-corrected chi connectivity index (χ3v) is 7.10. The number of rotatable bonds is 3. The molecule has 6 heteroatoms. The molecule has 4 aliphatic rings. The van der Waals surface area contributed by atoms with Crippen molar-refractivity contribution in [1.29, 1.82) is 0 Å². The number of aromatic nitrogens is 2. The molecule has 0 radical (unpaired) electrons. The van der Waals surface area contributed by atoms with Crippen LogP contribution in [0, 0.1) is 23.2 Å². The van der Waals surface area contributed by atoms with Gasteiger partial charge in [0.25, 0.3) is 0 Å². The second-order valence-corrected chi connectivity index (χ2v) is 8.68. The topological polar surface area (TPSA) is 76.4 Å². The summed E-state index contributed by atoms with van der Waals surface area (Å²) in [6.45, 7) is 7.64. The maximum Gasteiger partial charge on any atom is 0.313 e. The van der Waals surface area contributed by atoms with Crippen molar-refractivity contribution < 1.29 is 9.84 Å². The summed E-state index contributed by atoms with van der Waals surface area (Å²) >= 11 is 0. The summed E-state index contributed by atoms with van der Waals surface area (Å²) in [7, 11) is 0. The van der Waals surface area contributed by atoms with Crippen LogP contribution in [-0.2, 0) is 4.74 Å². The minimum Gasteiger partial charge on any atom is -0.502 e. The van der Waals surface area contributed by atoms with Crippen molar-refractivity contribution in [1.82, 2.24) is 9.78 Å². The molecule has 1 aromatic heterocycles. The van der Waals surface area contributed by atoms with Gasteiger partial charge in [0.1, 0.15) is 5.69 Å². The minimum absolute atomic E-state index is 0.241. The van der Waals surface area contributed by atoms with Gasteiger partial charge in [-0.15, -0.1) is 0 Å². The number of aromatic hydroxyl groups is 1. The summed E-state index contributed by atoms with van der Waals surface area (Å²) in [5, 5.41) is 18.1. The van der Waals surface area contributed by atoms with Gasteiger partial charge in [-0.25, -0.2) is 0 Å². The van der Waals surface area contributed by atoms with Crippen molar-refractivity contribution in [2.45, 2.75) is 65.1 Å². The third kappa shape index (κ3) is 2.65. The molecule has 25 heavy (non-hydrogen) atoms. The van der Waals surface area contributed by atoms with E-state index < -0.39 is 5.56 Å². The van der Waals surface area contributed by atoms with Gasteiger partial charge < -0.3 is 15.2 Å². The first-order chi connectivity index (χ1) is 11.9. The molecule has 3 aliphatic carbocycles. The maximum absolute atomic E-state index is 12.5. The van der Waals surface area contributed by atoms with Crippen molar-refractivity contribution in [3.05, 3.63) is 16.6 Å². The Morgan fingerprint density at radius 3 is 2.80 bits per heavy atom. The van der Waals surface area contributed by atoms with E-state index in [0.29, 0.717) is 29.5 Å². The van der Waals surface area contributed by atoms with Crippen molar-refractivity contribution in [2.24, 2.45) is 23.2 Å². The first-order valence-corrected chi connectivity index (χ1v) is 9.58. The Labute approximate surface area is 148 Å². The molecule has 3 saturated carbocycles. The summed E-state index contributed by atoms with van der Waals surface area (Å²) in [5.74, 6) is 1.70. The lowest BCUT2D eigenvalue weighted by Crippen LogP contribution is -2.58. The predicted molar refractivity (Wildman–Crippen MR) is 95.6 cm³/mol. The zero-order chi connectivity index (χ0) is 17.8. The van der Waals surface area contributed by atoms with Crippen LogP contribution in [-0.4, -0.2) is 27.5 Å². The van der Waals surface area contributed by atoms with Crippen molar-refractivity contribution in [2.75, 3.05) is 11.9 Å². The van der Waals surface area contributed by atoms with Crippen LogP contribution in [0.5, 0.6) is 5.75 Å². The van der Waals surface area contributed by atoms with Crippen LogP contribution in [0.2, 0.25) is 0 Å². The molecule has 4 fully saturated rings. The van der Waals surface area contributed by atoms with Crippen LogP contribution in [0.25, 0.3) is 0 Å². The van der Waals surface area contributed by atoms with E-state index in [-0.39, 0.29) is 18.0 Å². The fraction of sp³-hybridized carbons (Fsp3) is 0.789. The van der Waals surface area contributed by atoms with Crippen LogP contribution in [0.3, 0.4) is 0 Å². The minimum atomic E-state index is -0.467. The molecule has 6 nitrogen and oxygen atoms in total. The number of nitrogens with one attached hydrogen (secondary N) is 1. The monoisotopic (exact) mass is 347 g/mol. The second-order valence-electron chi connectivity index (χ2n) is 8.68. The van der Waals surface area contributed by atoms with Gasteiger partial charge >= 0.3 is 5.56 Å². The fourth-order valence-electron chi connectivity index (χ4n) is 5.22. The zero-order valence-electron chi connectivity index (χ0n) is 15.4. The average molecular weight is 347 g/mol. The molecule has 0 spiro atoms. The molecule has 0 aromatic carbocycles. The number of hydrogen-bond acceptors (Lipinski definition) is 5. The zero-order valence-corrected chi connectivity index (χ0v) is 15.4. The Kier molecular flexibility index (Phi) is 4.06. The molecule has 5 atom stereocenters. The number of ether oxygens (including phenoxy) is 1. The number of hydrogen-bond donors (Lipinski definition) is 2. The normalized spacial score (nSPS) is 36.5. The smallest absolute Gasteiger partial charge is 0.313 e. The summed E-state index contributed by atoms with van der Waals surface area (Å²) < 4.78 is 6.90. The van der Waals surface area contributed by atoms with Crippen molar-refractivity contribution in [3.8, 4) is 5.75 Å². The number of fused-ring (bicyclic) bond motifs is 2. The lowest BCUT2D eigenvalue weighted by atomic mass is 9.45. The molecule has 2 heterocycles. The summed E-state index contributed by atoms with van der Waals surface area (Å²) in [6, 6.07) is 0.283.